The third-order valence-electron chi connectivity index (χ3n) is 3.88. The van der Waals surface area contributed by atoms with Crippen molar-refractivity contribution in [1.29, 1.82) is 0 Å². The fourth-order valence-corrected chi connectivity index (χ4v) is 3.34. The van der Waals surface area contributed by atoms with Crippen LogP contribution in [-0.4, -0.2) is 27.2 Å². The molecule has 1 aliphatic rings. The van der Waals surface area contributed by atoms with Gasteiger partial charge in [-0.15, -0.1) is 0 Å². The Morgan fingerprint density at radius 3 is 2.33 bits per heavy atom. The summed E-state index contributed by atoms with van der Waals surface area (Å²) in [4.78, 5) is 16.3. The first kappa shape index (κ1) is 18.7. The van der Waals surface area contributed by atoms with Crippen LogP contribution in [0, 0.1) is 6.92 Å². The monoisotopic (exact) mass is 387 g/mol. The predicted octanol–water partition coefficient (Wildman–Crippen LogP) is 3.09. The van der Waals surface area contributed by atoms with Crippen LogP contribution in [0.25, 0.3) is 6.08 Å². The molecule has 0 atom stereocenters. The molecule has 1 heterocycles. The van der Waals surface area contributed by atoms with Gasteiger partial charge in [0.25, 0.3) is 0 Å². The minimum absolute atomic E-state index is 0.0413. The van der Waals surface area contributed by atoms with E-state index < -0.39 is 16.1 Å². The number of rotatable bonds is 5. The lowest BCUT2D eigenvalue weighted by Gasteiger charge is -2.11. The zero-order valence-corrected chi connectivity index (χ0v) is 15.7. The smallest absolute Gasteiger partial charge is 0.367 e. The van der Waals surface area contributed by atoms with Gasteiger partial charge in [0.15, 0.2) is 11.5 Å². The molecule has 0 fully saturated rings. The number of hydrogen-bond acceptors (Lipinski definition) is 7. The summed E-state index contributed by atoms with van der Waals surface area (Å²) in [6.45, 7) is 3.51. The normalized spacial score (nSPS) is 15.4. The summed E-state index contributed by atoms with van der Waals surface area (Å²) < 4.78 is 35.4. The Morgan fingerprint density at radius 1 is 1.04 bits per heavy atom. The van der Waals surface area contributed by atoms with E-state index >= 15 is 0 Å². The molecule has 3 rings (SSSR count). The van der Waals surface area contributed by atoms with E-state index in [1.807, 2.05) is 6.92 Å². The van der Waals surface area contributed by atoms with Gasteiger partial charge < -0.3 is 13.8 Å². The number of carbonyl (C=O) groups excluding carboxylic acids is 1. The average molecular weight is 387 g/mol. The molecule has 0 saturated carbocycles. The molecule has 0 aromatic heterocycles. The fourth-order valence-electron chi connectivity index (χ4n) is 2.40. The molecule has 0 saturated heterocycles. The van der Waals surface area contributed by atoms with Crippen molar-refractivity contribution in [1.82, 2.24) is 0 Å². The van der Waals surface area contributed by atoms with Gasteiger partial charge in [-0.2, -0.15) is 8.42 Å². The molecule has 0 radical (unpaired) electrons. The standard InChI is InChI=1S/C19H17NO6S/c1-12-4-7-15(8-5-12)27(22,23)26-17-9-6-14(11-18(17)24-3)10-16-13(2)20-25-19(16)21/h4-11H,1-3H3/b16-10+. The Hall–Kier alpha value is -3.13. The lowest BCUT2D eigenvalue weighted by atomic mass is 10.1. The van der Waals surface area contributed by atoms with Gasteiger partial charge in [0.1, 0.15) is 4.90 Å². The zero-order chi connectivity index (χ0) is 19.6. The van der Waals surface area contributed by atoms with Crippen molar-refractivity contribution in [3.8, 4) is 11.5 Å². The van der Waals surface area contributed by atoms with Crippen LogP contribution in [0.5, 0.6) is 11.5 Å². The van der Waals surface area contributed by atoms with E-state index in [9.17, 15) is 13.2 Å². The first-order valence-corrected chi connectivity index (χ1v) is 9.38. The van der Waals surface area contributed by atoms with Gasteiger partial charge in [0, 0.05) is 0 Å². The maximum atomic E-state index is 12.5. The summed E-state index contributed by atoms with van der Waals surface area (Å²) in [5.74, 6) is -0.297. The first-order chi connectivity index (χ1) is 12.8. The highest BCUT2D eigenvalue weighted by Crippen LogP contribution is 2.32. The molecular weight excluding hydrogens is 370 g/mol. The summed E-state index contributed by atoms with van der Waals surface area (Å²) >= 11 is 0. The van der Waals surface area contributed by atoms with Crippen LogP contribution in [0.3, 0.4) is 0 Å². The van der Waals surface area contributed by atoms with E-state index in [0.717, 1.165) is 5.56 Å². The van der Waals surface area contributed by atoms with Gasteiger partial charge in [-0.25, -0.2) is 4.79 Å². The Labute approximate surface area is 157 Å². The quantitative estimate of drug-likeness (QED) is 0.445. The molecule has 1 aliphatic heterocycles. The molecule has 0 spiro atoms. The van der Waals surface area contributed by atoms with Crippen LogP contribution in [0.15, 0.2) is 58.1 Å². The fraction of sp³-hybridized carbons (Fsp3) is 0.158. The summed E-state index contributed by atoms with van der Waals surface area (Å²) in [7, 11) is -2.61. The minimum Gasteiger partial charge on any atom is -0.493 e. The van der Waals surface area contributed by atoms with Crippen molar-refractivity contribution in [2.24, 2.45) is 5.16 Å². The highest BCUT2D eigenvalue weighted by Gasteiger charge is 2.23. The topological polar surface area (TPSA) is 91.3 Å². The lowest BCUT2D eigenvalue weighted by molar-refractivity contribution is -0.136. The van der Waals surface area contributed by atoms with E-state index in [0.29, 0.717) is 16.8 Å². The van der Waals surface area contributed by atoms with Crippen molar-refractivity contribution in [2.45, 2.75) is 18.7 Å². The summed E-state index contributed by atoms with van der Waals surface area (Å²) in [6, 6.07) is 11.0. The molecular formula is C19H17NO6S. The van der Waals surface area contributed by atoms with Gasteiger partial charge in [-0.3, -0.25) is 0 Å². The number of hydrogen-bond donors (Lipinski definition) is 0. The van der Waals surface area contributed by atoms with Gasteiger partial charge in [0.2, 0.25) is 0 Å². The van der Waals surface area contributed by atoms with Gasteiger partial charge in [-0.05, 0) is 49.8 Å². The maximum Gasteiger partial charge on any atom is 0.367 e. The van der Waals surface area contributed by atoms with Gasteiger partial charge >= 0.3 is 16.1 Å². The molecule has 0 unspecified atom stereocenters. The molecule has 140 valence electrons. The Kier molecular flexibility index (Phi) is 5.00. The van der Waals surface area contributed by atoms with Crippen molar-refractivity contribution < 1.29 is 27.0 Å². The summed E-state index contributed by atoms with van der Waals surface area (Å²) in [6.07, 6.45) is 1.58. The number of benzene rings is 2. The Morgan fingerprint density at radius 2 is 1.74 bits per heavy atom. The van der Waals surface area contributed by atoms with E-state index in [1.165, 1.54) is 25.3 Å². The van der Waals surface area contributed by atoms with Gasteiger partial charge in [0.05, 0.1) is 18.4 Å². The second kappa shape index (κ2) is 7.24. The molecule has 7 nitrogen and oxygen atoms in total. The van der Waals surface area contributed by atoms with Crippen molar-refractivity contribution in [3.63, 3.8) is 0 Å². The summed E-state index contributed by atoms with van der Waals surface area (Å²) in [5.41, 5.74) is 2.32. The highest BCUT2D eigenvalue weighted by molar-refractivity contribution is 7.87. The molecule has 2 aromatic carbocycles. The number of ether oxygens (including phenoxy) is 1. The minimum atomic E-state index is -4.00. The maximum absolute atomic E-state index is 12.5. The molecule has 2 aromatic rings. The number of carbonyl (C=O) groups is 1. The van der Waals surface area contributed by atoms with Crippen LogP contribution in [0.2, 0.25) is 0 Å². The van der Waals surface area contributed by atoms with E-state index in [4.69, 9.17) is 8.92 Å². The van der Waals surface area contributed by atoms with Crippen molar-refractivity contribution in [2.75, 3.05) is 7.11 Å². The molecule has 0 aliphatic carbocycles. The number of methoxy groups -OCH3 is 1. The number of oxime groups is 1. The second-order valence-corrected chi connectivity index (χ2v) is 7.42. The van der Waals surface area contributed by atoms with Crippen molar-refractivity contribution >= 4 is 27.9 Å². The molecule has 0 amide bonds. The van der Waals surface area contributed by atoms with Crippen LogP contribution >= 0.6 is 0 Å². The van der Waals surface area contributed by atoms with Crippen LogP contribution < -0.4 is 8.92 Å². The van der Waals surface area contributed by atoms with Crippen molar-refractivity contribution in [3.05, 3.63) is 59.2 Å². The number of nitrogens with zero attached hydrogens (tertiary/aromatic N) is 1. The molecule has 8 heteroatoms. The van der Waals surface area contributed by atoms with E-state index in [1.54, 1.807) is 37.3 Å². The SMILES string of the molecule is COc1cc(/C=C2/C(=O)ON=C2C)ccc1OS(=O)(=O)c1ccc(C)cc1. The zero-order valence-electron chi connectivity index (χ0n) is 14.9. The van der Waals surface area contributed by atoms with E-state index in [-0.39, 0.29) is 16.4 Å². The average Bonchev–Trinajstić information content (AvgIpc) is 2.95. The molecule has 0 N–H and O–H groups in total. The Balaban J connectivity index is 1.91. The van der Waals surface area contributed by atoms with Crippen LogP contribution in [0.4, 0.5) is 0 Å². The number of aryl methyl sites for hydroxylation is 1. The second-order valence-electron chi connectivity index (χ2n) is 5.87. The highest BCUT2D eigenvalue weighted by atomic mass is 32.2. The predicted molar refractivity (Wildman–Crippen MR) is 99.2 cm³/mol. The van der Waals surface area contributed by atoms with E-state index in [2.05, 4.69) is 9.99 Å². The first-order valence-electron chi connectivity index (χ1n) is 7.97. The Bertz CT molecular complexity index is 1050. The summed E-state index contributed by atoms with van der Waals surface area (Å²) in [5, 5.41) is 3.61. The third-order valence-corrected chi connectivity index (χ3v) is 5.13. The van der Waals surface area contributed by atoms with Crippen LogP contribution in [0.1, 0.15) is 18.1 Å². The van der Waals surface area contributed by atoms with Crippen LogP contribution in [-0.2, 0) is 19.8 Å². The van der Waals surface area contributed by atoms with Gasteiger partial charge in [-0.1, -0.05) is 28.9 Å². The molecule has 27 heavy (non-hydrogen) atoms. The third kappa shape index (κ3) is 4.01. The molecule has 0 bridgehead atoms. The largest absolute Gasteiger partial charge is 0.493 e. The lowest BCUT2D eigenvalue weighted by Crippen LogP contribution is -2.10.